The number of aromatic nitrogens is 2. The Bertz CT molecular complexity index is 1130. The topological polar surface area (TPSA) is 86.9 Å². The van der Waals surface area contributed by atoms with Crippen LogP contribution in [0.5, 0.6) is 17.2 Å². The van der Waals surface area contributed by atoms with Gasteiger partial charge < -0.3 is 23.6 Å². The predicted molar refractivity (Wildman–Crippen MR) is 119 cm³/mol. The molecule has 0 atom stereocenters. The number of methoxy groups -OCH3 is 3. The first-order chi connectivity index (χ1) is 15.5. The van der Waals surface area contributed by atoms with Crippen LogP contribution in [0.2, 0.25) is 5.02 Å². The van der Waals surface area contributed by atoms with Crippen molar-refractivity contribution in [3.8, 4) is 28.6 Å². The first kappa shape index (κ1) is 21.7. The number of hydrogen-bond acceptors (Lipinski definition) is 7. The van der Waals surface area contributed by atoms with Gasteiger partial charge in [0, 0.05) is 29.8 Å². The molecule has 9 heteroatoms. The highest BCUT2D eigenvalue weighted by Gasteiger charge is 2.34. The highest BCUT2D eigenvalue weighted by atomic mass is 35.5. The summed E-state index contributed by atoms with van der Waals surface area (Å²) in [5.41, 5.74) is 1.54. The lowest BCUT2D eigenvalue weighted by atomic mass is 10.00. The van der Waals surface area contributed by atoms with Crippen molar-refractivity contribution in [2.45, 2.75) is 5.92 Å². The molecule has 1 fully saturated rings. The van der Waals surface area contributed by atoms with E-state index in [0.717, 1.165) is 11.1 Å². The SMILES string of the molecule is COc1cc(/C=C/C(=O)N2CC(c3nc(-c4cccc(Cl)c4)no3)C2)cc(OC)c1OC. The summed E-state index contributed by atoms with van der Waals surface area (Å²) < 4.78 is 21.4. The van der Waals surface area contributed by atoms with Crippen molar-refractivity contribution in [3.05, 3.63) is 59.0 Å². The molecule has 32 heavy (non-hydrogen) atoms. The van der Waals surface area contributed by atoms with E-state index in [-0.39, 0.29) is 11.8 Å². The van der Waals surface area contributed by atoms with E-state index in [9.17, 15) is 4.79 Å². The van der Waals surface area contributed by atoms with Gasteiger partial charge in [0.05, 0.1) is 27.2 Å². The van der Waals surface area contributed by atoms with Gasteiger partial charge in [0.1, 0.15) is 0 Å². The van der Waals surface area contributed by atoms with Gasteiger partial charge in [0.15, 0.2) is 11.5 Å². The summed E-state index contributed by atoms with van der Waals surface area (Å²) in [5, 5.41) is 4.63. The molecule has 0 unspecified atom stereocenters. The fourth-order valence-electron chi connectivity index (χ4n) is 3.43. The van der Waals surface area contributed by atoms with Crippen LogP contribution < -0.4 is 14.2 Å². The summed E-state index contributed by atoms with van der Waals surface area (Å²) in [6.07, 6.45) is 3.23. The van der Waals surface area contributed by atoms with Gasteiger partial charge in [-0.15, -0.1) is 0 Å². The fourth-order valence-corrected chi connectivity index (χ4v) is 3.62. The number of halogens is 1. The minimum absolute atomic E-state index is 0.00830. The second-order valence-electron chi connectivity index (χ2n) is 7.20. The van der Waals surface area contributed by atoms with E-state index in [1.807, 2.05) is 12.1 Å². The third kappa shape index (κ3) is 4.40. The van der Waals surface area contributed by atoms with Crippen LogP contribution in [0.15, 0.2) is 47.0 Å². The zero-order valence-electron chi connectivity index (χ0n) is 17.9. The third-order valence-corrected chi connectivity index (χ3v) is 5.41. The van der Waals surface area contributed by atoms with Crippen LogP contribution >= 0.6 is 11.6 Å². The highest BCUT2D eigenvalue weighted by molar-refractivity contribution is 6.30. The summed E-state index contributed by atoms with van der Waals surface area (Å²) >= 11 is 6.02. The van der Waals surface area contributed by atoms with Crippen LogP contribution in [0.25, 0.3) is 17.5 Å². The highest BCUT2D eigenvalue weighted by Crippen LogP contribution is 2.38. The zero-order chi connectivity index (χ0) is 22.7. The monoisotopic (exact) mass is 455 g/mol. The van der Waals surface area contributed by atoms with Crippen LogP contribution in [0, 0.1) is 0 Å². The number of carbonyl (C=O) groups is 1. The van der Waals surface area contributed by atoms with Gasteiger partial charge in [-0.2, -0.15) is 4.98 Å². The van der Waals surface area contributed by atoms with E-state index in [1.165, 1.54) is 6.08 Å². The van der Waals surface area contributed by atoms with Crippen molar-refractivity contribution >= 4 is 23.6 Å². The van der Waals surface area contributed by atoms with Crippen molar-refractivity contribution in [1.29, 1.82) is 0 Å². The van der Waals surface area contributed by atoms with E-state index in [1.54, 1.807) is 56.6 Å². The Morgan fingerprint density at radius 3 is 2.47 bits per heavy atom. The van der Waals surface area contributed by atoms with Crippen molar-refractivity contribution in [2.24, 2.45) is 0 Å². The molecule has 0 saturated carbocycles. The Kier molecular flexibility index (Phi) is 6.32. The van der Waals surface area contributed by atoms with Gasteiger partial charge in [0.25, 0.3) is 0 Å². The largest absolute Gasteiger partial charge is 0.493 e. The van der Waals surface area contributed by atoms with Crippen LogP contribution in [-0.4, -0.2) is 55.4 Å². The molecule has 2 aromatic carbocycles. The van der Waals surface area contributed by atoms with E-state index < -0.39 is 0 Å². The Balaban J connectivity index is 1.39. The molecule has 0 N–H and O–H groups in total. The Hall–Kier alpha value is -3.52. The average Bonchev–Trinajstić information content (AvgIpc) is 3.25. The number of rotatable bonds is 7. The van der Waals surface area contributed by atoms with Gasteiger partial charge in [-0.25, -0.2) is 0 Å². The average molecular weight is 456 g/mol. The van der Waals surface area contributed by atoms with Gasteiger partial charge in [-0.05, 0) is 35.9 Å². The first-order valence-corrected chi connectivity index (χ1v) is 10.3. The fraction of sp³-hybridized carbons (Fsp3) is 0.261. The maximum atomic E-state index is 12.5. The van der Waals surface area contributed by atoms with Crippen LogP contribution in [0.4, 0.5) is 0 Å². The van der Waals surface area contributed by atoms with Crippen molar-refractivity contribution in [1.82, 2.24) is 15.0 Å². The third-order valence-electron chi connectivity index (χ3n) is 5.17. The summed E-state index contributed by atoms with van der Waals surface area (Å²) in [7, 11) is 4.64. The Labute approximate surface area is 190 Å². The van der Waals surface area contributed by atoms with E-state index in [0.29, 0.717) is 47.1 Å². The number of amides is 1. The van der Waals surface area contributed by atoms with Gasteiger partial charge in [0.2, 0.25) is 23.4 Å². The summed E-state index contributed by atoms with van der Waals surface area (Å²) in [5.74, 6) is 2.44. The van der Waals surface area contributed by atoms with Gasteiger partial charge in [-0.3, -0.25) is 4.79 Å². The number of ether oxygens (including phenoxy) is 3. The molecule has 1 aromatic heterocycles. The van der Waals surface area contributed by atoms with Crippen molar-refractivity contribution in [2.75, 3.05) is 34.4 Å². The molecule has 1 saturated heterocycles. The number of nitrogens with zero attached hydrogens (tertiary/aromatic N) is 3. The molecule has 4 rings (SSSR count). The molecule has 1 amide bonds. The molecular formula is C23H22ClN3O5. The molecule has 0 spiro atoms. The maximum absolute atomic E-state index is 12.5. The quantitative estimate of drug-likeness (QED) is 0.496. The molecule has 1 aliphatic rings. The van der Waals surface area contributed by atoms with E-state index >= 15 is 0 Å². The number of likely N-dealkylation sites (tertiary alicyclic amines) is 1. The predicted octanol–water partition coefficient (Wildman–Crippen LogP) is 4.06. The lowest BCUT2D eigenvalue weighted by Crippen LogP contribution is -2.47. The zero-order valence-corrected chi connectivity index (χ0v) is 18.6. The van der Waals surface area contributed by atoms with Crippen LogP contribution in [0.3, 0.4) is 0 Å². The van der Waals surface area contributed by atoms with E-state index in [2.05, 4.69) is 10.1 Å². The Morgan fingerprint density at radius 1 is 1.12 bits per heavy atom. The first-order valence-electron chi connectivity index (χ1n) is 9.89. The molecule has 0 aliphatic carbocycles. The lowest BCUT2D eigenvalue weighted by Gasteiger charge is -2.36. The molecule has 1 aliphatic heterocycles. The van der Waals surface area contributed by atoms with Crippen LogP contribution in [-0.2, 0) is 4.79 Å². The molecule has 0 bridgehead atoms. The van der Waals surface area contributed by atoms with Crippen molar-refractivity contribution < 1.29 is 23.5 Å². The maximum Gasteiger partial charge on any atom is 0.246 e. The second kappa shape index (κ2) is 9.32. The minimum Gasteiger partial charge on any atom is -0.493 e. The second-order valence-corrected chi connectivity index (χ2v) is 7.64. The smallest absolute Gasteiger partial charge is 0.246 e. The standard InChI is InChI=1S/C23H22ClN3O5/c1-29-18-9-14(10-19(30-2)21(18)31-3)7-8-20(28)27-12-16(13-27)23-25-22(26-32-23)15-5-4-6-17(24)11-15/h4-11,16H,12-13H2,1-3H3/b8-7+. The molecule has 3 aromatic rings. The summed E-state index contributed by atoms with van der Waals surface area (Å²) in [6.45, 7) is 1.02. The lowest BCUT2D eigenvalue weighted by molar-refractivity contribution is -0.130. The van der Waals surface area contributed by atoms with Crippen molar-refractivity contribution in [3.63, 3.8) is 0 Å². The Morgan fingerprint density at radius 2 is 1.84 bits per heavy atom. The molecular weight excluding hydrogens is 434 g/mol. The molecule has 8 nitrogen and oxygen atoms in total. The normalized spacial score (nSPS) is 13.8. The summed E-state index contributed by atoms with van der Waals surface area (Å²) in [4.78, 5) is 18.7. The van der Waals surface area contributed by atoms with Gasteiger partial charge in [-0.1, -0.05) is 28.9 Å². The number of carbonyl (C=O) groups excluding carboxylic acids is 1. The minimum atomic E-state index is -0.107. The van der Waals surface area contributed by atoms with Gasteiger partial charge >= 0.3 is 0 Å². The molecule has 0 radical (unpaired) electrons. The molecule has 2 heterocycles. The van der Waals surface area contributed by atoms with E-state index in [4.69, 9.17) is 30.3 Å². The summed E-state index contributed by atoms with van der Waals surface area (Å²) in [6, 6.07) is 10.8. The number of hydrogen-bond donors (Lipinski definition) is 0. The number of benzene rings is 2. The molecule has 166 valence electrons. The van der Waals surface area contributed by atoms with Crippen LogP contribution in [0.1, 0.15) is 17.4 Å².